The van der Waals surface area contributed by atoms with Gasteiger partial charge in [-0.2, -0.15) is 0 Å². The molecule has 2 rings (SSSR count). The average Bonchev–Trinajstić information content (AvgIpc) is 3.34. The second kappa shape index (κ2) is 16.1. The van der Waals surface area contributed by atoms with Gasteiger partial charge >= 0.3 is 5.97 Å². The number of ether oxygens (including phenoxy) is 1. The van der Waals surface area contributed by atoms with Crippen LogP contribution in [0, 0.1) is 24.2 Å². The highest BCUT2D eigenvalue weighted by molar-refractivity contribution is 7.09. The molecule has 0 unspecified atom stereocenters. The molecule has 1 aliphatic heterocycles. The summed E-state index contributed by atoms with van der Waals surface area (Å²) < 4.78 is 20.4. The molecule has 0 aliphatic carbocycles. The van der Waals surface area contributed by atoms with Gasteiger partial charge in [0.15, 0.2) is 16.6 Å². The predicted octanol–water partition coefficient (Wildman–Crippen LogP) is 11.1. The molecule has 1 aromatic rings. The van der Waals surface area contributed by atoms with Gasteiger partial charge in [0.1, 0.15) is 11.9 Å². The highest BCUT2D eigenvalue weighted by atomic mass is 32.1. The van der Waals surface area contributed by atoms with Crippen LogP contribution in [0.25, 0.3) is 6.08 Å². The summed E-state index contributed by atoms with van der Waals surface area (Å²) in [6, 6.07) is 0. The Balaban J connectivity index is 2.70. The second-order valence-electron chi connectivity index (χ2n) is 17.7. The Hall–Kier alpha value is -1.66. The Labute approximate surface area is 299 Å². The number of rotatable bonds is 6. The largest absolute Gasteiger partial charge is 0.457 e. The van der Waals surface area contributed by atoms with Crippen LogP contribution in [0.15, 0.2) is 34.8 Å². The summed E-state index contributed by atoms with van der Waals surface area (Å²) in [5.41, 5.74) is 1.92. The number of thiazole rings is 1. The van der Waals surface area contributed by atoms with Gasteiger partial charge in [-0.05, 0) is 81.0 Å². The third-order valence-corrected chi connectivity index (χ3v) is 20.8. The first-order valence-corrected chi connectivity index (χ1v) is 24.4. The number of Topliss-reactive ketones (excluding diaryl/α,β-unsaturated/α-hetero) is 1. The third-order valence-electron chi connectivity index (χ3n) is 11.1. The lowest BCUT2D eigenvalue weighted by Gasteiger charge is -2.46. The quantitative estimate of drug-likeness (QED) is 0.215. The van der Waals surface area contributed by atoms with Crippen LogP contribution in [0.3, 0.4) is 0 Å². The monoisotopic (exact) mass is 717 g/mol. The number of esters is 1. The molecule has 0 amide bonds. The van der Waals surface area contributed by atoms with Gasteiger partial charge in [0.2, 0.25) is 0 Å². The van der Waals surface area contributed by atoms with Crippen molar-refractivity contribution in [3.8, 4) is 0 Å². The van der Waals surface area contributed by atoms with E-state index in [1.807, 2.05) is 46.1 Å². The molecule has 0 bridgehead atoms. The fourth-order valence-electron chi connectivity index (χ4n) is 5.52. The van der Waals surface area contributed by atoms with E-state index < -0.39 is 40.2 Å². The number of aromatic nitrogens is 1. The molecule has 0 saturated heterocycles. The number of hydrogen-bond donors (Lipinski definition) is 0. The van der Waals surface area contributed by atoms with E-state index in [4.69, 9.17) is 13.6 Å². The van der Waals surface area contributed by atoms with Gasteiger partial charge < -0.3 is 13.6 Å². The summed E-state index contributed by atoms with van der Waals surface area (Å²) in [7, 11) is -4.62. The van der Waals surface area contributed by atoms with E-state index in [9.17, 15) is 9.59 Å². The van der Waals surface area contributed by atoms with Gasteiger partial charge in [0.05, 0.1) is 29.3 Å². The molecule has 48 heavy (non-hydrogen) atoms. The van der Waals surface area contributed by atoms with Crippen molar-refractivity contribution < 1.29 is 23.2 Å². The third kappa shape index (κ3) is 11.2. The van der Waals surface area contributed by atoms with Crippen molar-refractivity contribution >= 4 is 45.8 Å². The lowest BCUT2D eigenvalue weighted by molar-refractivity contribution is -0.153. The zero-order valence-electron chi connectivity index (χ0n) is 33.3. The molecule has 0 spiro atoms. The van der Waals surface area contributed by atoms with E-state index in [0.717, 1.165) is 28.3 Å². The zero-order chi connectivity index (χ0) is 37.0. The first-order chi connectivity index (χ1) is 21.7. The number of allylic oxidation sites excluding steroid dienone is 3. The topological polar surface area (TPSA) is 74.7 Å². The number of ketones is 1. The summed E-state index contributed by atoms with van der Waals surface area (Å²) >= 11 is 1.60. The Morgan fingerprint density at radius 2 is 1.54 bits per heavy atom. The number of aryl methyl sites for hydroxylation is 1. The van der Waals surface area contributed by atoms with E-state index >= 15 is 0 Å². The predicted molar refractivity (Wildman–Crippen MR) is 208 cm³/mol. The summed E-state index contributed by atoms with van der Waals surface area (Å²) in [6.45, 7) is 36.3. The maximum absolute atomic E-state index is 14.8. The smallest absolute Gasteiger partial charge is 0.309 e. The van der Waals surface area contributed by atoms with Crippen molar-refractivity contribution in [1.82, 2.24) is 4.98 Å². The molecule has 0 radical (unpaired) electrons. The van der Waals surface area contributed by atoms with Crippen LogP contribution in [0.1, 0.15) is 113 Å². The summed E-state index contributed by atoms with van der Waals surface area (Å²) in [5, 5.41) is 2.89. The van der Waals surface area contributed by atoms with Gasteiger partial charge in [-0.1, -0.05) is 93.0 Å². The molecule has 0 aromatic carbocycles. The molecule has 2 heterocycles. The minimum atomic E-state index is -2.40. The minimum absolute atomic E-state index is 0.00536. The maximum atomic E-state index is 14.8. The van der Waals surface area contributed by atoms with Gasteiger partial charge in [-0.25, -0.2) is 4.98 Å². The molecule has 9 heteroatoms. The normalized spacial score (nSPS) is 28.1. The maximum Gasteiger partial charge on any atom is 0.309 e. The lowest BCUT2D eigenvalue weighted by atomic mass is 9.73. The zero-order valence-corrected chi connectivity index (χ0v) is 36.1. The van der Waals surface area contributed by atoms with Crippen LogP contribution in [0.5, 0.6) is 0 Å². The van der Waals surface area contributed by atoms with Gasteiger partial charge in [-0.3, -0.25) is 9.59 Å². The molecule has 272 valence electrons. The van der Waals surface area contributed by atoms with Crippen molar-refractivity contribution in [2.24, 2.45) is 17.3 Å². The molecule has 0 N–H and O–H groups in total. The van der Waals surface area contributed by atoms with E-state index in [-0.39, 0.29) is 40.3 Å². The van der Waals surface area contributed by atoms with Crippen LogP contribution in [0.4, 0.5) is 0 Å². The first-order valence-electron chi connectivity index (χ1n) is 17.7. The Morgan fingerprint density at radius 1 is 0.979 bits per heavy atom. The van der Waals surface area contributed by atoms with Crippen LogP contribution < -0.4 is 0 Å². The second-order valence-corrected chi connectivity index (χ2v) is 28.3. The molecule has 6 nitrogen and oxygen atoms in total. The summed E-state index contributed by atoms with van der Waals surface area (Å²) in [5.74, 6) is -0.595. The van der Waals surface area contributed by atoms with Gasteiger partial charge in [-0.15, -0.1) is 11.3 Å². The number of carbonyl (C=O) groups is 2. The van der Waals surface area contributed by atoms with Crippen molar-refractivity contribution in [2.75, 3.05) is 0 Å². The Bertz CT molecular complexity index is 1360. The molecular weight excluding hydrogens is 651 g/mol. The molecule has 1 aliphatic rings. The molecule has 0 saturated carbocycles. The molecule has 1 aromatic heterocycles. The molecule has 5 atom stereocenters. The highest BCUT2D eigenvalue weighted by Crippen LogP contribution is 2.44. The lowest BCUT2D eigenvalue weighted by Crippen LogP contribution is -2.54. The first kappa shape index (κ1) is 42.5. The van der Waals surface area contributed by atoms with Crippen LogP contribution in [-0.4, -0.2) is 51.7 Å². The van der Waals surface area contributed by atoms with Crippen molar-refractivity contribution in [1.29, 1.82) is 0 Å². The SMILES string of the molecule is CC1=C/C[C@@H](/C(C)=C/c2csc(C)n2)OC(=O)C[C@H](O[Si](C)(C)C(C)(C)C)C(C)(C)C(=O)[C@H](C)[C@@H](O[Si](C)(C)C(C)(C)C)[C@@H](C)C\C=C\1. The molecule has 0 fully saturated rings. The fourth-order valence-corrected chi connectivity index (χ4v) is 9.00. The molecular formula is C39H67NO5SSi2. The van der Waals surface area contributed by atoms with Crippen LogP contribution in [-0.2, 0) is 23.2 Å². The van der Waals surface area contributed by atoms with Crippen LogP contribution in [0.2, 0.25) is 36.3 Å². The van der Waals surface area contributed by atoms with E-state index in [2.05, 4.69) is 105 Å². The summed E-state index contributed by atoms with van der Waals surface area (Å²) in [4.78, 5) is 33.4. The van der Waals surface area contributed by atoms with Gasteiger partial charge in [0, 0.05) is 23.1 Å². The van der Waals surface area contributed by atoms with Crippen LogP contribution >= 0.6 is 11.3 Å². The van der Waals surface area contributed by atoms with Crippen molar-refractivity contribution in [3.05, 3.63) is 45.5 Å². The van der Waals surface area contributed by atoms with E-state index in [1.165, 1.54) is 0 Å². The van der Waals surface area contributed by atoms with E-state index in [0.29, 0.717) is 6.42 Å². The number of cyclic esters (lactones) is 1. The van der Waals surface area contributed by atoms with E-state index in [1.54, 1.807) is 11.3 Å². The Kier molecular flexibility index (Phi) is 14.3. The highest BCUT2D eigenvalue weighted by Gasteiger charge is 2.50. The Morgan fingerprint density at radius 3 is 2.06 bits per heavy atom. The van der Waals surface area contributed by atoms with Gasteiger partial charge in [0.25, 0.3) is 0 Å². The fraction of sp³-hybridized carbons (Fsp3) is 0.718. The number of carbonyl (C=O) groups excluding carboxylic acids is 2. The summed E-state index contributed by atoms with van der Waals surface area (Å²) in [6.07, 6.45) is 8.38. The minimum Gasteiger partial charge on any atom is -0.457 e. The average molecular weight is 718 g/mol. The number of hydrogen-bond acceptors (Lipinski definition) is 7. The standard InChI is InChI=1S/C39H67NO5SSi2/c1-26-19-18-20-27(2)35(45-48(16,17)38(9,10)11)29(4)36(42)39(12,13)33(44-47(14,15)37(6,7)8)24-34(41)43-32(22-21-26)28(3)23-31-25-46-30(5)40-31/h18-19,21,23,25,27,29,32-33,35H,20,22,24H2,1-17H3/b19-18+,26-21-,28-23+/t27-,29+,32-,33-,35-/m0/s1. The van der Waals surface area contributed by atoms with Crippen molar-refractivity contribution in [2.45, 2.75) is 164 Å². The van der Waals surface area contributed by atoms with Crippen molar-refractivity contribution in [3.63, 3.8) is 0 Å². The number of nitrogens with zero attached hydrogens (tertiary/aromatic N) is 1.